The molecule has 0 spiro atoms. The zero-order chi connectivity index (χ0) is 22.9. The van der Waals surface area contributed by atoms with E-state index in [1.807, 2.05) is 56.8 Å². The molecule has 3 amide bonds. The third kappa shape index (κ3) is 3.88. The Hall–Kier alpha value is -3.62. The molecule has 5 heterocycles. The van der Waals surface area contributed by atoms with Crippen molar-refractivity contribution in [3.05, 3.63) is 60.3 Å². The second-order valence-corrected chi connectivity index (χ2v) is 8.77. The van der Waals surface area contributed by atoms with E-state index < -0.39 is 0 Å². The number of likely N-dealkylation sites (tertiary alicyclic amines) is 1. The van der Waals surface area contributed by atoms with Crippen LogP contribution in [0.3, 0.4) is 0 Å². The molecular weight excluding hydrogens is 418 g/mol. The first-order valence-electron chi connectivity index (χ1n) is 11.4. The minimum Gasteiger partial charge on any atom is -0.353 e. The van der Waals surface area contributed by atoms with Crippen LogP contribution in [0.25, 0.3) is 5.52 Å². The number of fused-ring (bicyclic) bond motifs is 1. The first-order valence-corrected chi connectivity index (χ1v) is 11.4. The number of urea groups is 1. The lowest BCUT2D eigenvalue weighted by Crippen LogP contribution is -2.49. The van der Waals surface area contributed by atoms with Crippen molar-refractivity contribution in [3.63, 3.8) is 0 Å². The number of hydrogen-bond acceptors (Lipinski definition) is 5. The predicted molar refractivity (Wildman–Crippen MR) is 125 cm³/mol. The molecule has 3 aromatic heterocycles. The SMILES string of the molecule is CN(C)C(=O)N1CCC[C@@H]1c1nc(C(=O)N2CCN(c3ccccn3)CC2)c2ccccn12. The van der Waals surface area contributed by atoms with Crippen molar-refractivity contribution in [2.24, 2.45) is 0 Å². The summed E-state index contributed by atoms with van der Waals surface area (Å²) in [7, 11) is 3.53. The van der Waals surface area contributed by atoms with Gasteiger partial charge >= 0.3 is 6.03 Å². The number of piperazine rings is 1. The highest BCUT2D eigenvalue weighted by Crippen LogP contribution is 2.33. The van der Waals surface area contributed by atoms with E-state index in [-0.39, 0.29) is 18.0 Å². The average molecular weight is 448 g/mol. The molecule has 0 aliphatic carbocycles. The lowest BCUT2D eigenvalue weighted by Gasteiger charge is -2.35. The van der Waals surface area contributed by atoms with Crippen molar-refractivity contribution < 1.29 is 9.59 Å². The molecule has 0 unspecified atom stereocenters. The van der Waals surface area contributed by atoms with E-state index in [1.54, 1.807) is 25.2 Å². The largest absolute Gasteiger partial charge is 0.353 e. The fourth-order valence-electron chi connectivity index (χ4n) is 4.80. The Morgan fingerprint density at radius 1 is 1.00 bits per heavy atom. The topological polar surface area (TPSA) is 77.3 Å². The standard InChI is InChI=1S/C24H29N7O2/c1-27(2)24(33)31-13-7-9-19(31)22-26-21(18-8-4-6-12-30(18)22)23(32)29-16-14-28(15-17-29)20-10-3-5-11-25-20/h3-6,8,10-12,19H,7,9,13-17H2,1-2H3/t19-/m1/s1. The van der Waals surface area contributed by atoms with E-state index in [1.165, 1.54) is 0 Å². The van der Waals surface area contributed by atoms with Gasteiger partial charge in [-0.2, -0.15) is 0 Å². The molecule has 0 aromatic carbocycles. The zero-order valence-electron chi connectivity index (χ0n) is 19.1. The van der Waals surface area contributed by atoms with E-state index in [0.29, 0.717) is 25.3 Å². The summed E-state index contributed by atoms with van der Waals surface area (Å²) in [5.41, 5.74) is 1.25. The van der Waals surface area contributed by atoms with Gasteiger partial charge in [0.05, 0.1) is 11.6 Å². The third-order valence-corrected chi connectivity index (χ3v) is 6.50. The van der Waals surface area contributed by atoms with Crippen LogP contribution in [0.1, 0.15) is 35.2 Å². The van der Waals surface area contributed by atoms with Gasteiger partial charge in [-0.3, -0.25) is 4.79 Å². The van der Waals surface area contributed by atoms with E-state index in [4.69, 9.17) is 4.98 Å². The molecule has 33 heavy (non-hydrogen) atoms. The average Bonchev–Trinajstić information content (AvgIpc) is 3.48. The van der Waals surface area contributed by atoms with Gasteiger partial charge in [0.2, 0.25) is 0 Å². The number of nitrogens with zero attached hydrogens (tertiary/aromatic N) is 7. The normalized spacial score (nSPS) is 18.7. The highest BCUT2D eigenvalue weighted by Gasteiger charge is 2.35. The molecule has 0 bridgehead atoms. The molecule has 2 saturated heterocycles. The number of rotatable bonds is 3. The Morgan fingerprint density at radius 2 is 1.79 bits per heavy atom. The Morgan fingerprint density at radius 3 is 2.52 bits per heavy atom. The summed E-state index contributed by atoms with van der Waals surface area (Å²) < 4.78 is 1.98. The molecule has 0 radical (unpaired) electrons. The monoisotopic (exact) mass is 447 g/mol. The van der Waals surface area contributed by atoms with Gasteiger partial charge in [0.1, 0.15) is 11.6 Å². The Labute approximate surface area is 193 Å². The van der Waals surface area contributed by atoms with Crippen molar-refractivity contribution in [2.75, 3.05) is 51.7 Å². The molecular formula is C24H29N7O2. The first-order chi connectivity index (χ1) is 16.0. The summed E-state index contributed by atoms with van der Waals surface area (Å²) in [4.78, 5) is 43.1. The molecule has 2 aliphatic rings. The highest BCUT2D eigenvalue weighted by atomic mass is 16.2. The fraction of sp³-hybridized carbons (Fsp3) is 0.417. The maximum Gasteiger partial charge on any atom is 0.320 e. The van der Waals surface area contributed by atoms with Crippen LogP contribution in [0.2, 0.25) is 0 Å². The first kappa shape index (κ1) is 21.2. The van der Waals surface area contributed by atoms with Gasteiger partial charge in [-0.05, 0) is 37.1 Å². The summed E-state index contributed by atoms with van der Waals surface area (Å²) in [5.74, 6) is 1.63. The van der Waals surface area contributed by atoms with Crippen molar-refractivity contribution >= 4 is 23.3 Å². The maximum atomic E-state index is 13.5. The summed E-state index contributed by atoms with van der Waals surface area (Å²) >= 11 is 0. The van der Waals surface area contributed by atoms with Crippen LogP contribution in [0.5, 0.6) is 0 Å². The van der Waals surface area contributed by atoms with E-state index in [2.05, 4.69) is 9.88 Å². The molecule has 5 rings (SSSR count). The number of pyridine rings is 2. The number of amides is 3. The van der Waals surface area contributed by atoms with Gasteiger partial charge in [-0.15, -0.1) is 0 Å². The molecule has 1 atom stereocenters. The van der Waals surface area contributed by atoms with Crippen LogP contribution in [0, 0.1) is 0 Å². The molecule has 3 aromatic rings. The molecule has 0 N–H and O–H groups in total. The predicted octanol–water partition coefficient (Wildman–Crippen LogP) is 2.51. The number of imidazole rings is 1. The summed E-state index contributed by atoms with van der Waals surface area (Å²) in [6.07, 6.45) is 5.48. The van der Waals surface area contributed by atoms with Gasteiger partial charge < -0.3 is 24.0 Å². The zero-order valence-corrected chi connectivity index (χ0v) is 19.1. The molecule has 9 nitrogen and oxygen atoms in total. The van der Waals surface area contributed by atoms with Crippen LogP contribution in [0.15, 0.2) is 48.8 Å². The molecule has 172 valence electrons. The Balaban J connectivity index is 1.40. The van der Waals surface area contributed by atoms with Crippen LogP contribution in [-0.4, -0.2) is 87.8 Å². The maximum absolute atomic E-state index is 13.5. The van der Waals surface area contributed by atoms with Gasteiger partial charge in [0, 0.05) is 59.2 Å². The minimum atomic E-state index is -0.141. The Bertz CT molecular complexity index is 1150. The summed E-state index contributed by atoms with van der Waals surface area (Å²) in [6.45, 7) is 3.39. The van der Waals surface area contributed by atoms with E-state index in [0.717, 1.165) is 43.1 Å². The highest BCUT2D eigenvalue weighted by molar-refractivity contribution is 5.99. The second-order valence-electron chi connectivity index (χ2n) is 8.77. The van der Waals surface area contributed by atoms with Crippen LogP contribution in [0.4, 0.5) is 10.6 Å². The number of anilines is 1. The smallest absolute Gasteiger partial charge is 0.320 e. The van der Waals surface area contributed by atoms with Crippen molar-refractivity contribution in [3.8, 4) is 0 Å². The van der Waals surface area contributed by atoms with Crippen LogP contribution < -0.4 is 4.90 Å². The van der Waals surface area contributed by atoms with Crippen molar-refractivity contribution in [1.29, 1.82) is 0 Å². The molecule has 9 heteroatoms. The molecule has 2 fully saturated rings. The number of aromatic nitrogens is 3. The summed E-state index contributed by atoms with van der Waals surface area (Å²) in [5, 5.41) is 0. The van der Waals surface area contributed by atoms with Crippen LogP contribution >= 0.6 is 0 Å². The third-order valence-electron chi connectivity index (χ3n) is 6.50. The van der Waals surface area contributed by atoms with E-state index >= 15 is 0 Å². The van der Waals surface area contributed by atoms with Gasteiger partial charge in [-0.25, -0.2) is 14.8 Å². The van der Waals surface area contributed by atoms with Crippen molar-refractivity contribution in [1.82, 2.24) is 29.1 Å². The Kier molecular flexibility index (Phi) is 5.62. The van der Waals surface area contributed by atoms with Gasteiger partial charge in [0.25, 0.3) is 5.91 Å². The number of hydrogen-bond donors (Lipinski definition) is 0. The molecule has 2 aliphatic heterocycles. The molecule has 0 saturated carbocycles. The minimum absolute atomic E-state index is 0.0244. The lowest BCUT2D eigenvalue weighted by atomic mass is 10.2. The van der Waals surface area contributed by atoms with Gasteiger partial charge in [0.15, 0.2) is 5.69 Å². The quantitative estimate of drug-likeness (QED) is 0.617. The van der Waals surface area contributed by atoms with Crippen molar-refractivity contribution in [2.45, 2.75) is 18.9 Å². The lowest BCUT2D eigenvalue weighted by molar-refractivity contribution is 0.0743. The van der Waals surface area contributed by atoms with E-state index in [9.17, 15) is 9.59 Å². The number of carbonyl (C=O) groups is 2. The summed E-state index contributed by atoms with van der Waals surface area (Å²) in [6, 6.07) is 11.5. The second kappa shape index (κ2) is 8.73. The fourth-order valence-corrected chi connectivity index (χ4v) is 4.80. The van der Waals surface area contributed by atoms with Crippen LogP contribution in [-0.2, 0) is 0 Å². The number of carbonyl (C=O) groups excluding carboxylic acids is 2. The van der Waals surface area contributed by atoms with Gasteiger partial charge in [-0.1, -0.05) is 12.1 Å².